The van der Waals surface area contributed by atoms with Crippen LogP contribution in [0.25, 0.3) is 0 Å². The van der Waals surface area contributed by atoms with Crippen molar-refractivity contribution in [1.82, 2.24) is 0 Å². The Morgan fingerprint density at radius 2 is 2.00 bits per heavy atom. The van der Waals surface area contributed by atoms with Crippen LogP contribution in [-0.4, -0.2) is 25.1 Å². The molecule has 1 N–H and O–H groups in total. The third kappa shape index (κ3) is 4.69. The molecule has 0 heterocycles. The van der Waals surface area contributed by atoms with Crippen molar-refractivity contribution in [2.24, 2.45) is 0 Å². The second kappa shape index (κ2) is 7.22. The smallest absolute Gasteiger partial charge is 0.147 e. The van der Waals surface area contributed by atoms with Gasteiger partial charge in [0.25, 0.3) is 0 Å². The van der Waals surface area contributed by atoms with E-state index in [0.29, 0.717) is 6.42 Å². The van der Waals surface area contributed by atoms with E-state index in [1.807, 2.05) is 37.3 Å². The number of hydrogen-bond donors (Lipinski definition) is 1. The predicted octanol–water partition coefficient (Wildman–Crippen LogP) is 2.68. The lowest BCUT2D eigenvalue weighted by Gasteiger charge is -2.18. The van der Waals surface area contributed by atoms with E-state index >= 15 is 0 Å². The van der Waals surface area contributed by atoms with Gasteiger partial charge in [0.05, 0.1) is 12.2 Å². The summed E-state index contributed by atoms with van der Waals surface area (Å²) >= 11 is 0. The van der Waals surface area contributed by atoms with Gasteiger partial charge < -0.3 is 14.6 Å². The minimum Gasteiger partial charge on any atom is -0.388 e. The lowest BCUT2D eigenvalue weighted by atomic mass is 10.00. The van der Waals surface area contributed by atoms with Gasteiger partial charge in [-0.1, -0.05) is 36.9 Å². The fourth-order valence-electron chi connectivity index (χ4n) is 1.50. The van der Waals surface area contributed by atoms with Crippen molar-refractivity contribution in [1.29, 1.82) is 0 Å². The van der Waals surface area contributed by atoms with E-state index < -0.39 is 6.10 Å². The second-order valence-corrected chi connectivity index (χ2v) is 4.00. The molecule has 0 bridgehead atoms. The maximum absolute atomic E-state index is 10.0. The van der Waals surface area contributed by atoms with Crippen LogP contribution in [0.5, 0.6) is 0 Å². The molecule has 3 heteroatoms. The highest BCUT2D eigenvalue weighted by Gasteiger charge is 2.13. The standard InChI is InChI=1S/C14H20O3/c1-11(12(2)17-10-16-3)9-14(15)13-7-5-4-6-8-13/h4-8,12,14-15H,1,9-10H2,2-3H3/t12-,14+/m0/s1. The van der Waals surface area contributed by atoms with Crippen LogP contribution in [0.1, 0.15) is 25.0 Å². The largest absolute Gasteiger partial charge is 0.388 e. The highest BCUT2D eigenvalue weighted by molar-refractivity contribution is 5.19. The van der Waals surface area contributed by atoms with Gasteiger partial charge in [-0.25, -0.2) is 0 Å². The van der Waals surface area contributed by atoms with Gasteiger partial charge in [0.2, 0.25) is 0 Å². The van der Waals surface area contributed by atoms with Crippen LogP contribution >= 0.6 is 0 Å². The molecule has 0 aliphatic heterocycles. The van der Waals surface area contributed by atoms with Crippen molar-refractivity contribution in [3.05, 3.63) is 48.0 Å². The molecular weight excluding hydrogens is 216 g/mol. The first-order chi connectivity index (χ1) is 8.15. The molecule has 3 nitrogen and oxygen atoms in total. The molecule has 0 amide bonds. The van der Waals surface area contributed by atoms with Crippen LogP contribution in [0.15, 0.2) is 42.5 Å². The van der Waals surface area contributed by atoms with Crippen molar-refractivity contribution in [2.75, 3.05) is 13.9 Å². The zero-order valence-corrected chi connectivity index (χ0v) is 10.4. The van der Waals surface area contributed by atoms with E-state index in [4.69, 9.17) is 9.47 Å². The van der Waals surface area contributed by atoms with E-state index in [0.717, 1.165) is 11.1 Å². The third-order valence-corrected chi connectivity index (χ3v) is 2.65. The molecule has 0 aliphatic carbocycles. The van der Waals surface area contributed by atoms with E-state index in [2.05, 4.69) is 6.58 Å². The molecule has 0 spiro atoms. The van der Waals surface area contributed by atoms with Gasteiger partial charge in [-0.05, 0) is 18.1 Å². The van der Waals surface area contributed by atoms with Crippen LogP contribution in [0.2, 0.25) is 0 Å². The van der Waals surface area contributed by atoms with Crippen molar-refractivity contribution < 1.29 is 14.6 Å². The first kappa shape index (κ1) is 13.9. The second-order valence-electron chi connectivity index (χ2n) is 4.00. The zero-order valence-electron chi connectivity index (χ0n) is 10.4. The number of ether oxygens (including phenoxy) is 2. The van der Waals surface area contributed by atoms with Gasteiger partial charge in [0.1, 0.15) is 6.79 Å². The van der Waals surface area contributed by atoms with Crippen molar-refractivity contribution in [2.45, 2.75) is 25.6 Å². The summed E-state index contributed by atoms with van der Waals surface area (Å²) < 4.78 is 10.2. The molecule has 0 fully saturated rings. The maximum atomic E-state index is 10.0. The van der Waals surface area contributed by atoms with Gasteiger partial charge in [-0.3, -0.25) is 0 Å². The topological polar surface area (TPSA) is 38.7 Å². The van der Waals surface area contributed by atoms with E-state index in [1.54, 1.807) is 7.11 Å². The number of hydrogen-bond acceptors (Lipinski definition) is 3. The summed E-state index contributed by atoms with van der Waals surface area (Å²) in [6, 6.07) is 9.55. The Labute approximate surface area is 103 Å². The Bertz CT molecular complexity index is 335. The lowest BCUT2D eigenvalue weighted by molar-refractivity contribution is -0.0550. The molecule has 1 aromatic rings. The highest BCUT2D eigenvalue weighted by atomic mass is 16.7. The number of rotatable bonds is 7. The molecule has 0 saturated carbocycles. The summed E-state index contributed by atoms with van der Waals surface area (Å²) in [4.78, 5) is 0. The van der Waals surface area contributed by atoms with Gasteiger partial charge in [0, 0.05) is 13.5 Å². The molecule has 94 valence electrons. The molecule has 0 saturated heterocycles. The van der Waals surface area contributed by atoms with Crippen LogP contribution in [0, 0.1) is 0 Å². The molecular formula is C14H20O3. The molecule has 0 radical (unpaired) electrons. The Kier molecular flexibility index (Phi) is 5.91. The monoisotopic (exact) mass is 236 g/mol. The normalized spacial score (nSPS) is 14.3. The average molecular weight is 236 g/mol. The summed E-state index contributed by atoms with van der Waals surface area (Å²) in [7, 11) is 1.58. The van der Waals surface area contributed by atoms with Gasteiger partial charge in [0.15, 0.2) is 0 Å². The zero-order chi connectivity index (χ0) is 12.7. The highest BCUT2D eigenvalue weighted by Crippen LogP contribution is 2.22. The van der Waals surface area contributed by atoms with Crippen molar-refractivity contribution >= 4 is 0 Å². The summed E-state index contributed by atoms with van der Waals surface area (Å²) in [5.74, 6) is 0. The minimum atomic E-state index is -0.530. The number of aliphatic hydroxyl groups excluding tert-OH is 1. The fraction of sp³-hybridized carbons (Fsp3) is 0.429. The first-order valence-electron chi connectivity index (χ1n) is 5.66. The predicted molar refractivity (Wildman–Crippen MR) is 67.6 cm³/mol. The molecule has 17 heavy (non-hydrogen) atoms. The third-order valence-electron chi connectivity index (χ3n) is 2.65. The molecule has 1 rings (SSSR count). The van der Waals surface area contributed by atoms with Gasteiger partial charge in [-0.15, -0.1) is 0 Å². The minimum absolute atomic E-state index is 0.117. The summed E-state index contributed by atoms with van der Waals surface area (Å²) in [6.45, 7) is 6.07. The number of methoxy groups -OCH3 is 1. The Morgan fingerprint density at radius 1 is 1.35 bits per heavy atom. The van der Waals surface area contributed by atoms with Gasteiger partial charge >= 0.3 is 0 Å². The number of aliphatic hydroxyl groups is 1. The maximum Gasteiger partial charge on any atom is 0.147 e. The molecule has 2 atom stereocenters. The van der Waals surface area contributed by atoms with E-state index in [-0.39, 0.29) is 12.9 Å². The summed E-state index contributed by atoms with van der Waals surface area (Å²) in [5, 5.41) is 10.0. The SMILES string of the molecule is C=C(C[C@@H](O)c1ccccc1)[C@H](C)OCOC. The molecule has 1 aromatic carbocycles. The Hall–Kier alpha value is -1.16. The average Bonchev–Trinajstić information content (AvgIpc) is 2.36. The number of benzene rings is 1. The van der Waals surface area contributed by atoms with E-state index in [1.165, 1.54) is 0 Å². The fourth-order valence-corrected chi connectivity index (χ4v) is 1.50. The Morgan fingerprint density at radius 3 is 2.59 bits per heavy atom. The quantitative estimate of drug-likeness (QED) is 0.584. The van der Waals surface area contributed by atoms with Crippen LogP contribution in [0.4, 0.5) is 0 Å². The summed E-state index contributed by atoms with van der Waals surface area (Å²) in [6.07, 6.45) is -0.153. The van der Waals surface area contributed by atoms with Crippen LogP contribution in [-0.2, 0) is 9.47 Å². The lowest BCUT2D eigenvalue weighted by Crippen LogP contribution is -2.14. The van der Waals surface area contributed by atoms with Crippen molar-refractivity contribution in [3.8, 4) is 0 Å². The Balaban J connectivity index is 2.46. The van der Waals surface area contributed by atoms with E-state index in [9.17, 15) is 5.11 Å². The van der Waals surface area contributed by atoms with Gasteiger partial charge in [-0.2, -0.15) is 0 Å². The molecule has 0 aliphatic rings. The molecule has 0 aromatic heterocycles. The molecule has 0 unspecified atom stereocenters. The first-order valence-corrected chi connectivity index (χ1v) is 5.66. The van der Waals surface area contributed by atoms with Crippen LogP contribution < -0.4 is 0 Å². The van der Waals surface area contributed by atoms with Crippen LogP contribution in [0.3, 0.4) is 0 Å². The summed E-state index contributed by atoms with van der Waals surface area (Å²) in [5.41, 5.74) is 1.76. The van der Waals surface area contributed by atoms with Crippen molar-refractivity contribution in [3.63, 3.8) is 0 Å².